The average molecular weight is 397 g/mol. The maximum atomic E-state index is 13.0. The molecule has 1 N–H and O–H groups in total. The van der Waals surface area contributed by atoms with Crippen LogP contribution in [0.1, 0.15) is 12.5 Å². The Hall–Kier alpha value is -3.36. The Morgan fingerprint density at radius 2 is 1.93 bits per heavy atom. The number of imidazole rings is 1. The van der Waals surface area contributed by atoms with Crippen molar-refractivity contribution in [3.63, 3.8) is 0 Å². The van der Waals surface area contributed by atoms with Crippen LogP contribution in [0.5, 0.6) is 0 Å². The number of hydrogen-bond acceptors (Lipinski definition) is 5. The molecule has 0 radical (unpaired) electrons. The summed E-state index contributed by atoms with van der Waals surface area (Å²) in [7, 11) is 1.51. The Morgan fingerprint density at radius 3 is 2.62 bits per heavy atom. The first kappa shape index (κ1) is 19.0. The summed E-state index contributed by atoms with van der Waals surface area (Å²) in [4.78, 5) is 43.4. The predicted molar refractivity (Wildman–Crippen MR) is 108 cm³/mol. The monoisotopic (exact) mass is 397 g/mol. The zero-order valence-corrected chi connectivity index (χ0v) is 16.4. The van der Waals surface area contributed by atoms with Crippen LogP contribution in [-0.4, -0.2) is 42.9 Å². The maximum absolute atomic E-state index is 13.0. The van der Waals surface area contributed by atoms with Crippen LogP contribution >= 0.6 is 0 Å². The number of benzene rings is 1. The van der Waals surface area contributed by atoms with Gasteiger partial charge in [-0.1, -0.05) is 37.3 Å². The van der Waals surface area contributed by atoms with Crippen molar-refractivity contribution in [2.45, 2.75) is 26.4 Å². The summed E-state index contributed by atoms with van der Waals surface area (Å²) in [5.41, 5.74) is 0.491. The van der Waals surface area contributed by atoms with Crippen molar-refractivity contribution in [1.29, 1.82) is 0 Å². The second-order valence-electron chi connectivity index (χ2n) is 7.61. The second-order valence-corrected chi connectivity index (χ2v) is 7.61. The van der Waals surface area contributed by atoms with Crippen LogP contribution in [0.2, 0.25) is 0 Å². The van der Waals surface area contributed by atoms with E-state index in [2.05, 4.69) is 28.9 Å². The zero-order chi connectivity index (χ0) is 20.7. The van der Waals surface area contributed by atoms with Gasteiger partial charge in [-0.15, -0.1) is 0 Å². The van der Waals surface area contributed by atoms with E-state index >= 15 is 0 Å². The van der Waals surface area contributed by atoms with Gasteiger partial charge in [0.15, 0.2) is 11.2 Å². The second kappa shape index (κ2) is 7.23. The maximum Gasteiger partial charge on any atom is 0.333 e. The van der Waals surface area contributed by atoms with Crippen molar-refractivity contribution in [2.75, 3.05) is 18.0 Å². The number of carbonyl (C=O) groups is 1. The van der Waals surface area contributed by atoms with E-state index in [1.807, 2.05) is 22.8 Å². The molecule has 0 aliphatic carbocycles. The summed E-state index contributed by atoms with van der Waals surface area (Å²) >= 11 is 0. The van der Waals surface area contributed by atoms with Gasteiger partial charge in [-0.25, -0.2) is 9.36 Å². The molecule has 0 unspecified atom stereocenters. The quantitative estimate of drug-likeness (QED) is 0.679. The molecule has 9 nitrogen and oxygen atoms in total. The minimum Gasteiger partial charge on any atom is -0.480 e. The summed E-state index contributed by atoms with van der Waals surface area (Å²) in [5.74, 6) is -0.311. The third-order valence-corrected chi connectivity index (χ3v) is 5.33. The summed E-state index contributed by atoms with van der Waals surface area (Å²) in [6.45, 7) is 3.55. The average Bonchev–Trinajstić information content (AvgIpc) is 3.08. The first-order valence-electron chi connectivity index (χ1n) is 9.57. The van der Waals surface area contributed by atoms with Crippen LogP contribution in [0.4, 0.5) is 5.95 Å². The fourth-order valence-electron chi connectivity index (χ4n) is 3.98. The lowest BCUT2D eigenvalue weighted by Gasteiger charge is -2.33. The van der Waals surface area contributed by atoms with Crippen molar-refractivity contribution in [3.8, 4) is 0 Å². The molecule has 4 rings (SSSR count). The lowest BCUT2D eigenvalue weighted by Crippen LogP contribution is -2.42. The minimum absolute atomic E-state index is 0.277. The fraction of sp³-hybridized carbons (Fsp3) is 0.400. The molecule has 2 aromatic heterocycles. The van der Waals surface area contributed by atoms with E-state index in [0.717, 1.165) is 24.1 Å². The molecule has 0 saturated carbocycles. The van der Waals surface area contributed by atoms with E-state index in [1.165, 1.54) is 17.2 Å². The molecule has 0 amide bonds. The van der Waals surface area contributed by atoms with Crippen molar-refractivity contribution in [2.24, 2.45) is 13.0 Å². The largest absolute Gasteiger partial charge is 0.480 e. The van der Waals surface area contributed by atoms with Gasteiger partial charge in [0.2, 0.25) is 5.95 Å². The van der Waals surface area contributed by atoms with Gasteiger partial charge < -0.3 is 14.6 Å². The number of hydrogen-bond donors (Lipinski definition) is 1. The van der Waals surface area contributed by atoms with E-state index in [4.69, 9.17) is 5.11 Å². The highest BCUT2D eigenvalue weighted by molar-refractivity contribution is 5.75. The number of aryl methyl sites for hydroxylation is 1. The topological polar surface area (TPSA) is 102 Å². The molecule has 1 aromatic carbocycles. The smallest absolute Gasteiger partial charge is 0.333 e. The zero-order valence-electron chi connectivity index (χ0n) is 16.4. The first-order valence-corrected chi connectivity index (χ1v) is 9.57. The standard InChI is InChI=1S/C20H23N5O4/c1-13-10-23(9-8-14-6-4-3-5-7-14)19-21-17-16(24(19)11-13)18(28)25(12-15(26)27)20(29)22(17)2/h3-7,13H,8-12H2,1-2H3,(H,26,27)/t13-/m1/s1. The van der Waals surface area contributed by atoms with Crippen LogP contribution in [0.25, 0.3) is 11.2 Å². The van der Waals surface area contributed by atoms with Crippen LogP contribution in [-0.2, 0) is 31.4 Å². The molecule has 29 heavy (non-hydrogen) atoms. The van der Waals surface area contributed by atoms with Crippen molar-refractivity contribution in [1.82, 2.24) is 18.7 Å². The SMILES string of the molecule is C[C@@H]1CN(CCc2ccccc2)c2nc3c(c(=O)n(CC(=O)O)c(=O)n3C)n2C1. The van der Waals surface area contributed by atoms with Gasteiger partial charge in [-0.2, -0.15) is 4.98 Å². The third kappa shape index (κ3) is 3.32. The van der Waals surface area contributed by atoms with E-state index in [-0.39, 0.29) is 17.1 Å². The van der Waals surface area contributed by atoms with Crippen LogP contribution in [0.3, 0.4) is 0 Å². The van der Waals surface area contributed by atoms with Crippen LogP contribution < -0.4 is 16.1 Å². The van der Waals surface area contributed by atoms with Crippen LogP contribution in [0.15, 0.2) is 39.9 Å². The number of carboxylic acid groups (broad SMARTS) is 1. The van der Waals surface area contributed by atoms with Gasteiger partial charge in [0, 0.05) is 26.7 Å². The molecule has 0 saturated heterocycles. The molecule has 3 heterocycles. The summed E-state index contributed by atoms with van der Waals surface area (Å²) in [6.07, 6.45) is 0.832. The normalized spacial score (nSPS) is 16.2. The molecule has 0 fully saturated rings. The van der Waals surface area contributed by atoms with Crippen molar-refractivity contribution >= 4 is 23.1 Å². The molecule has 1 aliphatic rings. The van der Waals surface area contributed by atoms with Crippen molar-refractivity contribution < 1.29 is 9.90 Å². The number of rotatable bonds is 5. The van der Waals surface area contributed by atoms with E-state index in [1.54, 1.807) is 0 Å². The lowest BCUT2D eigenvalue weighted by atomic mass is 10.1. The molecular formula is C20H23N5O4. The highest BCUT2D eigenvalue weighted by Gasteiger charge is 2.29. The molecule has 9 heteroatoms. The van der Waals surface area contributed by atoms with Crippen molar-refractivity contribution in [3.05, 3.63) is 56.7 Å². The molecule has 0 bridgehead atoms. The summed E-state index contributed by atoms with van der Waals surface area (Å²) in [6, 6.07) is 10.1. The third-order valence-electron chi connectivity index (χ3n) is 5.33. The Labute approximate surface area is 166 Å². The Balaban J connectivity index is 1.81. The van der Waals surface area contributed by atoms with Gasteiger partial charge in [0.05, 0.1) is 0 Å². The number of fused-ring (bicyclic) bond motifs is 3. The summed E-state index contributed by atoms with van der Waals surface area (Å²) in [5, 5.41) is 9.09. The molecule has 1 atom stereocenters. The predicted octanol–water partition coefficient (Wildman–Crippen LogP) is 0.680. The van der Waals surface area contributed by atoms with Gasteiger partial charge in [0.25, 0.3) is 5.56 Å². The minimum atomic E-state index is -1.24. The number of aliphatic carboxylic acids is 1. The molecule has 3 aromatic rings. The highest BCUT2D eigenvalue weighted by Crippen LogP contribution is 2.26. The Morgan fingerprint density at radius 1 is 1.21 bits per heavy atom. The number of anilines is 1. The fourth-order valence-corrected chi connectivity index (χ4v) is 3.98. The number of carboxylic acids is 1. The van der Waals surface area contributed by atoms with E-state index in [0.29, 0.717) is 12.5 Å². The molecule has 0 spiro atoms. The Kier molecular flexibility index (Phi) is 4.73. The Bertz CT molecular complexity index is 1190. The number of nitrogens with zero attached hydrogens (tertiary/aromatic N) is 5. The van der Waals surface area contributed by atoms with Crippen LogP contribution in [0, 0.1) is 5.92 Å². The molecular weight excluding hydrogens is 374 g/mol. The highest BCUT2D eigenvalue weighted by atomic mass is 16.4. The molecule has 152 valence electrons. The number of aromatic nitrogens is 4. The summed E-state index contributed by atoms with van der Waals surface area (Å²) < 4.78 is 3.84. The van der Waals surface area contributed by atoms with E-state index < -0.39 is 23.8 Å². The lowest BCUT2D eigenvalue weighted by molar-refractivity contribution is -0.137. The molecule has 1 aliphatic heterocycles. The first-order chi connectivity index (χ1) is 13.9. The van der Waals surface area contributed by atoms with E-state index in [9.17, 15) is 14.4 Å². The van der Waals surface area contributed by atoms with Gasteiger partial charge in [-0.3, -0.25) is 14.2 Å². The van der Waals surface area contributed by atoms with Gasteiger partial charge in [-0.05, 0) is 17.9 Å². The van der Waals surface area contributed by atoms with Gasteiger partial charge >= 0.3 is 11.7 Å². The van der Waals surface area contributed by atoms with Gasteiger partial charge in [0.1, 0.15) is 6.54 Å².